The molecule has 0 radical (unpaired) electrons. The molecule has 1 unspecified atom stereocenters. The van der Waals surface area contributed by atoms with Crippen LogP contribution in [0.1, 0.15) is 33.6 Å². The van der Waals surface area contributed by atoms with Crippen LogP contribution in [-0.2, 0) is 0 Å². The lowest BCUT2D eigenvalue weighted by atomic mass is 10.1. The largest absolute Gasteiger partial charge is 0.395 e. The zero-order valence-corrected chi connectivity index (χ0v) is 12.4. The third-order valence-corrected chi connectivity index (χ3v) is 3.59. The Morgan fingerprint density at radius 3 is 2.06 bits per heavy atom. The first-order valence-electron chi connectivity index (χ1n) is 7.47. The van der Waals surface area contributed by atoms with Crippen LogP contribution in [0.4, 0.5) is 0 Å². The Morgan fingerprint density at radius 1 is 1.06 bits per heavy atom. The molecule has 1 atom stereocenters. The van der Waals surface area contributed by atoms with Gasteiger partial charge in [-0.1, -0.05) is 20.8 Å². The second-order valence-corrected chi connectivity index (χ2v) is 5.67. The predicted octanol–water partition coefficient (Wildman–Crippen LogP) is 0.763. The SMILES string of the molecule is CCCN1CCN(CCC(CO)NC(C)C)CC1. The number of hydrogen-bond donors (Lipinski definition) is 2. The number of nitrogens with zero attached hydrogens (tertiary/aromatic N) is 2. The van der Waals surface area contributed by atoms with Crippen LogP contribution in [0.25, 0.3) is 0 Å². The standard InChI is InChI=1S/C14H31N3O/c1-4-6-16-8-10-17(11-9-16)7-5-14(12-18)15-13(2)3/h13-15,18H,4-12H2,1-3H3. The van der Waals surface area contributed by atoms with Crippen LogP contribution in [0, 0.1) is 0 Å². The molecule has 0 saturated carbocycles. The minimum Gasteiger partial charge on any atom is -0.395 e. The summed E-state index contributed by atoms with van der Waals surface area (Å²) in [6.45, 7) is 13.9. The van der Waals surface area contributed by atoms with Crippen molar-refractivity contribution in [1.29, 1.82) is 0 Å². The number of nitrogens with one attached hydrogen (secondary N) is 1. The summed E-state index contributed by atoms with van der Waals surface area (Å²) >= 11 is 0. The smallest absolute Gasteiger partial charge is 0.0585 e. The second kappa shape index (κ2) is 8.86. The first-order valence-corrected chi connectivity index (χ1v) is 7.47. The van der Waals surface area contributed by atoms with Gasteiger partial charge in [0.1, 0.15) is 0 Å². The van der Waals surface area contributed by atoms with Gasteiger partial charge in [0.25, 0.3) is 0 Å². The average molecular weight is 257 g/mol. The zero-order chi connectivity index (χ0) is 13.4. The topological polar surface area (TPSA) is 38.7 Å². The van der Waals surface area contributed by atoms with Gasteiger partial charge in [-0.2, -0.15) is 0 Å². The molecule has 108 valence electrons. The Labute approximate surface area is 112 Å². The molecule has 0 aromatic heterocycles. The van der Waals surface area contributed by atoms with E-state index in [4.69, 9.17) is 0 Å². The van der Waals surface area contributed by atoms with Crippen molar-refractivity contribution in [2.24, 2.45) is 0 Å². The van der Waals surface area contributed by atoms with Crippen molar-refractivity contribution < 1.29 is 5.11 Å². The van der Waals surface area contributed by atoms with Gasteiger partial charge >= 0.3 is 0 Å². The lowest BCUT2D eigenvalue weighted by Gasteiger charge is -2.35. The zero-order valence-electron chi connectivity index (χ0n) is 12.4. The van der Waals surface area contributed by atoms with Crippen molar-refractivity contribution >= 4 is 0 Å². The van der Waals surface area contributed by atoms with Crippen LogP contribution >= 0.6 is 0 Å². The monoisotopic (exact) mass is 257 g/mol. The highest BCUT2D eigenvalue weighted by atomic mass is 16.3. The minimum absolute atomic E-state index is 0.244. The summed E-state index contributed by atoms with van der Waals surface area (Å²) in [7, 11) is 0. The van der Waals surface area contributed by atoms with E-state index in [9.17, 15) is 5.11 Å². The molecule has 1 fully saturated rings. The maximum atomic E-state index is 9.33. The summed E-state index contributed by atoms with van der Waals surface area (Å²) in [6, 6.07) is 0.697. The number of rotatable bonds is 8. The molecular formula is C14H31N3O. The molecule has 1 aliphatic rings. The predicted molar refractivity (Wildman–Crippen MR) is 76.9 cm³/mol. The van der Waals surface area contributed by atoms with E-state index in [1.165, 1.54) is 39.1 Å². The van der Waals surface area contributed by atoms with Crippen LogP contribution in [0.15, 0.2) is 0 Å². The Morgan fingerprint density at radius 2 is 1.61 bits per heavy atom. The van der Waals surface area contributed by atoms with Gasteiger partial charge in [0.2, 0.25) is 0 Å². The molecule has 1 aliphatic heterocycles. The Hall–Kier alpha value is -0.160. The van der Waals surface area contributed by atoms with Crippen LogP contribution in [0.5, 0.6) is 0 Å². The van der Waals surface area contributed by atoms with Gasteiger partial charge in [-0.05, 0) is 25.9 Å². The van der Waals surface area contributed by atoms with Crippen LogP contribution < -0.4 is 5.32 Å². The molecule has 0 amide bonds. The molecule has 4 heteroatoms. The highest BCUT2D eigenvalue weighted by Crippen LogP contribution is 2.04. The van der Waals surface area contributed by atoms with E-state index in [1.807, 2.05) is 0 Å². The van der Waals surface area contributed by atoms with E-state index < -0.39 is 0 Å². The highest BCUT2D eigenvalue weighted by molar-refractivity contribution is 4.75. The van der Waals surface area contributed by atoms with Crippen LogP contribution in [-0.4, -0.2) is 72.9 Å². The van der Waals surface area contributed by atoms with E-state index in [-0.39, 0.29) is 12.6 Å². The maximum absolute atomic E-state index is 9.33. The molecule has 1 saturated heterocycles. The fraction of sp³-hybridized carbons (Fsp3) is 1.00. The Kier molecular flexibility index (Phi) is 7.82. The maximum Gasteiger partial charge on any atom is 0.0585 e. The highest BCUT2D eigenvalue weighted by Gasteiger charge is 2.17. The van der Waals surface area contributed by atoms with Gasteiger partial charge in [0.15, 0.2) is 0 Å². The van der Waals surface area contributed by atoms with Crippen molar-refractivity contribution in [2.45, 2.75) is 45.7 Å². The number of aliphatic hydroxyl groups excluding tert-OH is 1. The average Bonchev–Trinajstić information content (AvgIpc) is 2.36. The van der Waals surface area contributed by atoms with E-state index >= 15 is 0 Å². The molecule has 0 spiro atoms. The van der Waals surface area contributed by atoms with Crippen molar-refractivity contribution in [3.05, 3.63) is 0 Å². The fourth-order valence-electron chi connectivity index (χ4n) is 2.59. The van der Waals surface area contributed by atoms with E-state index in [0.717, 1.165) is 13.0 Å². The first kappa shape index (κ1) is 15.9. The van der Waals surface area contributed by atoms with E-state index in [2.05, 4.69) is 35.9 Å². The normalized spacial score (nSPS) is 20.5. The molecule has 1 heterocycles. The summed E-state index contributed by atoms with van der Waals surface area (Å²) in [5, 5.41) is 12.7. The molecular weight excluding hydrogens is 226 g/mol. The summed E-state index contributed by atoms with van der Waals surface area (Å²) in [4.78, 5) is 5.07. The number of hydrogen-bond acceptors (Lipinski definition) is 4. The lowest BCUT2D eigenvalue weighted by Crippen LogP contribution is -2.48. The fourth-order valence-corrected chi connectivity index (χ4v) is 2.59. The van der Waals surface area contributed by atoms with Gasteiger partial charge in [-0.3, -0.25) is 0 Å². The molecule has 1 rings (SSSR count). The Bertz CT molecular complexity index is 203. The number of piperazine rings is 1. The quantitative estimate of drug-likeness (QED) is 0.673. The van der Waals surface area contributed by atoms with Crippen molar-refractivity contribution in [2.75, 3.05) is 45.9 Å². The van der Waals surface area contributed by atoms with Crippen LogP contribution in [0.3, 0.4) is 0 Å². The third-order valence-electron chi connectivity index (χ3n) is 3.59. The minimum atomic E-state index is 0.244. The van der Waals surface area contributed by atoms with Crippen molar-refractivity contribution in [1.82, 2.24) is 15.1 Å². The summed E-state index contributed by atoms with van der Waals surface area (Å²) in [6.07, 6.45) is 2.30. The van der Waals surface area contributed by atoms with E-state index in [0.29, 0.717) is 6.04 Å². The lowest BCUT2D eigenvalue weighted by molar-refractivity contribution is 0.123. The van der Waals surface area contributed by atoms with Gasteiger partial charge in [0, 0.05) is 38.3 Å². The molecule has 18 heavy (non-hydrogen) atoms. The van der Waals surface area contributed by atoms with Crippen molar-refractivity contribution in [3.8, 4) is 0 Å². The van der Waals surface area contributed by atoms with E-state index in [1.54, 1.807) is 0 Å². The molecule has 0 aliphatic carbocycles. The summed E-state index contributed by atoms with van der Waals surface area (Å²) in [5.74, 6) is 0. The molecule has 4 nitrogen and oxygen atoms in total. The van der Waals surface area contributed by atoms with Crippen LogP contribution in [0.2, 0.25) is 0 Å². The second-order valence-electron chi connectivity index (χ2n) is 5.67. The molecule has 2 N–H and O–H groups in total. The number of aliphatic hydroxyl groups is 1. The molecule has 0 bridgehead atoms. The van der Waals surface area contributed by atoms with Gasteiger partial charge in [-0.15, -0.1) is 0 Å². The van der Waals surface area contributed by atoms with Gasteiger partial charge in [-0.25, -0.2) is 0 Å². The van der Waals surface area contributed by atoms with Gasteiger partial charge < -0.3 is 20.2 Å². The summed E-state index contributed by atoms with van der Waals surface area (Å²) in [5.41, 5.74) is 0. The van der Waals surface area contributed by atoms with Gasteiger partial charge in [0.05, 0.1) is 6.61 Å². The molecule has 0 aromatic carbocycles. The Balaban J connectivity index is 2.16. The third kappa shape index (κ3) is 6.14. The molecule has 0 aromatic rings. The van der Waals surface area contributed by atoms with Crippen molar-refractivity contribution in [3.63, 3.8) is 0 Å². The first-order chi connectivity index (χ1) is 8.65. The summed E-state index contributed by atoms with van der Waals surface area (Å²) < 4.78 is 0.